The van der Waals surface area contributed by atoms with Gasteiger partial charge >= 0.3 is 0 Å². The highest BCUT2D eigenvalue weighted by Crippen LogP contribution is 2.19. The van der Waals surface area contributed by atoms with Gasteiger partial charge in [0, 0.05) is 13.6 Å². The van der Waals surface area contributed by atoms with Crippen LogP contribution in [0.25, 0.3) is 0 Å². The van der Waals surface area contributed by atoms with Crippen molar-refractivity contribution in [1.82, 2.24) is 15.3 Å². The third-order valence-corrected chi connectivity index (χ3v) is 2.34. The fraction of sp³-hybridized carbons (Fsp3) is 0.500. The smallest absolute Gasteiger partial charge is 0.242 e. The topological polar surface area (TPSA) is 78.9 Å². The van der Waals surface area contributed by atoms with Crippen molar-refractivity contribution in [3.63, 3.8) is 0 Å². The molecule has 6 nitrogen and oxygen atoms in total. The predicted octanol–water partition coefficient (Wildman–Crippen LogP) is 1.11. The largest absolute Gasteiger partial charge is 0.357 e. The molecule has 17 heavy (non-hydrogen) atoms. The monoisotopic (exact) mass is 257 g/mol. The van der Waals surface area contributed by atoms with E-state index in [4.69, 9.17) is 11.6 Å². The second kappa shape index (κ2) is 6.24. The Bertz CT molecular complexity index is 398. The van der Waals surface area contributed by atoms with Crippen molar-refractivity contribution >= 4 is 29.3 Å². The number of nitrogens with one attached hydrogen (secondary N) is 3. The number of anilines is 2. The molecule has 0 aliphatic heterocycles. The van der Waals surface area contributed by atoms with Gasteiger partial charge in [-0.25, -0.2) is 4.98 Å². The van der Waals surface area contributed by atoms with E-state index in [0.717, 1.165) is 0 Å². The van der Waals surface area contributed by atoms with E-state index in [0.29, 0.717) is 23.3 Å². The predicted molar refractivity (Wildman–Crippen MR) is 68.4 cm³/mol. The van der Waals surface area contributed by atoms with Crippen LogP contribution in [-0.4, -0.2) is 35.5 Å². The van der Waals surface area contributed by atoms with Gasteiger partial charge in [-0.05, 0) is 13.8 Å². The lowest BCUT2D eigenvalue weighted by molar-refractivity contribution is -0.121. The molecule has 1 atom stereocenters. The standard InChI is InChI=1S/C10H16ClN5O/c1-4-13-9(17)6(2)15-8-7(11)5-14-10(12-3)16-8/h5-6H,4H2,1-3H3,(H,13,17)(H2,12,14,15,16). The number of carbonyl (C=O) groups is 1. The molecule has 0 aliphatic carbocycles. The average Bonchev–Trinajstić information content (AvgIpc) is 2.32. The summed E-state index contributed by atoms with van der Waals surface area (Å²) in [7, 11) is 1.71. The molecular formula is C10H16ClN5O. The maximum atomic E-state index is 11.5. The fourth-order valence-electron chi connectivity index (χ4n) is 1.19. The van der Waals surface area contributed by atoms with Gasteiger partial charge in [0.25, 0.3) is 0 Å². The Morgan fingerprint density at radius 1 is 1.59 bits per heavy atom. The van der Waals surface area contributed by atoms with E-state index in [1.807, 2.05) is 6.92 Å². The zero-order valence-electron chi connectivity index (χ0n) is 10.0. The van der Waals surface area contributed by atoms with Gasteiger partial charge in [0.15, 0.2) is 5.82 Å². The molecule has 0 bridgehead atoms. The van der Waals surface area contributed by atoms with Crippen LogP contribution in [0.2, 0.25) is 5.02 Å². The molecular weight excluding hydrogens is 242 g/mol. The number of likely N-dealkylation sites (N-methyl/N-ethyl adjacent to an activating group) is 1. The molecule has 1 aromatic rings. The first kappa shape index (κ1) is 13.5. The lowest BCUT2D eigenvalue weighted by Gasteiger charge is -2.15. The number of hydrogen-bond donors (Lipinski definition) is 3. The molecule has 1 heterocycles. The molecule has 0 fully saturated rings. The van der Waals surface area contributed by atoms with E-state index in [1.54, 1.807) is 14.0 Å². The van der Waals surface area contributed by atoms with Crippen molar-refractivity contribution in [1.29, 1.82) is 0 Å². The van der Waals surface area contributed by atoms with Gasteiger partial charge in [-0.2, -0.15) is 4.98 Å². The summed E-state index contributed by atoms with van der Waals surface area (Å²) >= 11 is 5.93. The second-order valence-electron chi connectivity index (χ2n) is 3.40. The molecule has 1 amide bonds. The lowest BCUT2D eigenvalue weighted by atomic mass is 10.3. The average molecular weight is 258 g/mol. The Hall–Kier alpha value is -1.56. The van der Waals surface area contributed by atoms with Crippen LogP contribution in [0.5, 0.6) is 0 Å². The molecule has 0 aliphatic rings. The normalized spacial score (nSPS) is 11.8. The SMILES string of the molecule is CCNC(=O)C(C)Nc1nc(NC)ncc1Cl. The number of nitrogens with zero attached hydrogens (tertiary/aromatic N) is 2. The summed E-state index contributed by atoms with van der Waals surface area (Å²) in [4.78, 5) is 19.6. The van der Waals surface area contributed by atoms with Crippen LogP contribution in [-0.2, 0) is 4.79 Å². The van der Waals surface area contributed by atoms with E-state index in [9.17, 15) is 4.79 Å². The number of hydrogen-bond acceptors (Lipinski definition) is 5. The Morgan fingerprint density at radius 2 is 2.29 bits per heavy atom. The summed E-state index contributed by atoms with van der Waals surface area (Å²) in [6, 6.07) is -0.410. The summed E-state index contributed by atoms with van der Waals surface area (Å²) in [5.41, 5.74) is 0. The molecule has 0 spiro atoms. The summed E-state index contributed by atoms with van der Waals surface area (Å²) in [6.45, 7) is 4.19. The molecule has 3 N–H and O–H groups in total. The third kappa shape index (κ3) is 3.74. The summed E-state index contributed by atoms with van der Waals surface area (Å²) in [5.74, 6) is 0.776. The summed E-state index contributed by atoms with van der Waals surface area (Å²) in [6.07, 6.45) is 1.48. The number of halogens is 1. The van der Waals surface area contributed by atoms with E-state index in [-0.39, 0.29) is 5.91 Å². The van der Waals surface area contributed by atoms with Crippen molar-refractivity contribution in [2.75, 3.05) is 24.2 Å². The highest BCUT2D eigenvalue weighted by atomic mass is 35.5. The Morgan fingerprint density at radius 3 is 2.88 bits per heavy atom. The van der Waals surface area contributed by atoms with Gasteiger partial charge < -0.3 is 16.0 Å². The summed E-state index contributed by atoms with van der Waals surface area (Å²) in [5, 5.41) is 8.82. The highest BCUT2D eigenvalue weighted by molar-refractivity contribution is 6.32. The number of aromatic nitrogens is 2. The van der Waals surface area contributed by atoms with Gasteiger partial charge in [0.1, 0.15) is 11.1 Å². The van der Waals surface area contributed by atoms with Crippen LogP contribution in [0, 0.1) is 0 Å². The lowest BCUT2D eigenvalue weighted by Crippen LogP contribution is -2.37. The van der Waals surface area contributed by atoms with Gasteiger partial charge in [-0.1, -0.05) is 11.6 Å². The van der Waals surface area contributed by atoms with Crippen molar-refractivity contribution in [2.45, 2.75) is 19.9 Å². The molecule has 7 heteroatoms. The van der Waals surface area contributed by atoms with E-state index in [1.165, 1.54) is 6.20 Å². The van der Waals surface area contributed by atoms with Gasteiger partial charge in [0.2, 0.25) is 11.9 Å². The maximum absolute atomic E-state index is 11.5. The van der Waals surface area contributed by atoms with Crippen LogP contribution >= 0.6 is 11.6 Å². The highest BCUT2D eigenvalue weighted by Gasteiger charge is 2.14. The number of amides is 1. The minimum Gasteiger partial charge on any atom is -0.357 e. The van der Waals surface area contributed by atoms with E-state index in [2.05, 4.69) is 25.9 Å². The molecule has 1 aromatic heterocycles. The minimum absolute atomic E-state index is 0.104. The molecule has 0 saturated heterocycles. The summed E-state index contributed by atoms with van der Waals surface area (Å²) < 4.78 is 0. The Kier molecular flexibility index (Phi) is 4.96. The van der Waals surface area contributed by atoms with Crippen molar-refractivity contribution in [3.8, 4) is 0 Å². The van der Waals surface area contributed by atoms with Crippen LogP contribution in [0.1, 0.15) is 13.8 Å². The number of rotatable bonds is 5. The number of carbonyl (C=O) groups excluding carboxylic acids is 1. The molecule has 94 valence electrons. The quantitative estimate of drug-likeness (QED) is 0.736. The molecule has 0 radical (unpaired) electrons. The van der Waals surface area contributed by atoms with Crippen LogP contribution in [0.4, 0.5) is 11.8 Å². The fourth-order valence-corrected chi connectivity index (χ4v) is 1.33. The van der Waals surface area contributed by atoms with E-state index >= 15 is 0 Å². The molecule has 1 unspecified atom stereocenters. The molecule has 1 rings (SSSR count). The minimum atomic E-state index is -0.410. The van der Waals surface area contributed by atoms with Gasteiger partial charge in [0.05, 0.1) is 6.20 Å². The first-order chi connectivity index (χ1) is 8.08. The van der Waals surface area contributed by atoms with Crippen molar-refractivity contribution in [3.05, 3.63) is 11.2 Å². The molecule has 0 aromatic carbocycles. The van der Waals surface area contributed by atoms with Gasteiger partial charge in [-0.15, -0.1) is 0 Å². The van der Waals surface area contributed by atoms with Gasteiger partial charge in [-0.3, -0.25) is 4.79 Å². The van der Waals surface area contributed by atoms with Crippen molar-refractivity contribution < 1.29 is 4.79 Å². The first-order valence-corrected chi connectivity index (χ1v) is 5.70. The molecule has 0 saturated carbocycles. The first-order valence-electron chi connectivity index (χ1n) is 5.33. The van der Waals surface area contributed by atoms with Crippen LogP contribution in [0.3, 0.4) is 0 Å². The Balaban J connectivity index is 2.76. The Labute approximate surface area is 105 Å². The van der Waals surface area contributed by atoms with Crippen molar-refractivity contribution in [2.24, 2.45) is 0 Å². The van der Waals surface area contributed by atoms with Crippen LogP contribution < -0.4 is 16.0 Å². The zero-order valence-corrected chi connectivity index (χ0v) is 10.8. The van der Waals surface area contributed by atoms with Crippen LogP contribution in [0.15, 0.2) is 6.20 Å². The van der Waals surface area contributed by atoms with E-state index < -0.39 is 6.04 Å². The second-order valence-corrected chi connectivity index (χ2v) is 3.81. The third-order valence-electron chi connectivity index (χ3n) is 2.07. The zero-order chi connectivity index (χ0) is 12.8. The maximum Gasteiger partial charge on any atom is 0.242 e.